The lowest BCUT2D eigenvalue weighted by molar-refractivity contribution is -0.137. The fourth-order valence-electron chi connectivity index (χ4n) is 3.05. The second-order valence-electron chi connectivity index (χ2n) is 6.83. The minimum atomic E-state index is -1.44. The maximum atomic E-state index is 13.0. The topological polar surface area (TPSA) is 142 Å². The number of amides is 3. The Morgan fingerprint density at radius 3 is 2.66 bits per heavy atom. The van der Waals surface area contributed by atoms with Crippen LogP contribution in [0.5, 0.6) is 5.88 Å². The van der Waals surface area contributed by atoms with Gasteiger partial charge in [0.2, 0.25) is 5.88 Å². The zero-order valence-corrected chi connectivity index (χ0v) is 17.4. The Kier molecular flexibility index (Phi) is 6.78. The number of rotatable bonds is 7. The molecular weight excluding hydrogens is 418 g/mol. The van der Waals surface area contributed by atoms with E-state index in [4.69, 9.17) is 9.84 Å². The van der Waals surface area contributed by atoms with Gasteiger partial charge >= 0.3 is 12.0 Å². The number of methoxy groups -OCH3 is 1. The number of aromatic nitrogens is 2. The van der Waals surface area contributed by atoms with Crippen LogP contribution in [0.25, 0.3) is 11.3 Å². The van der Waals surface area contributed by atoms with Gasteiger partial charge in [0.05, 0.1) is 19.2 Å². The normalized spacial score (nSPS) is 15.4. The lowest BCUT2D eigenvalue weighted by Crippen LogP contribution is -2.57. The molecule has 1 atom stereocenters. The van der Waals surface area contributed by atoms with Crippen LogP contribution in [0.3, 0.4) is 0 Å². The molecule has 0 saturated carbocycles. The van der Waals surface area contributed by atoms with Crippen molar-refractivity contribution < 1.29 is 29.0 Å². The molecule has 0 bridgehead atoms. The van der Waals surface area contributed by atoms with E-state index in [0.717, 1.165) is 4.90 Å². The number of nitrogens with zero attached hydrogens (tertiary/aromatic N) is 4. The van der Waals surface area contributed by atoms with Gasteiger partial charge in [0.15, 0.2) is 11.8 Å². The highest BCUT2D eigenvalue weighted by atomic mass is 16.5. The van der Waals surface area contributed by atoms with Crippen LogP contribution in [-0.4, -0.2) is 70.6 Å². The Morgan fingerprint density at radius 2 is 2.00 bits per heavy atom. The van der Waals surface area contributed by atoms with Crippen molar-refractivity contribution >= 4 is 29.4 Å². The molecule has 11 nitrogen and oxygen atoms in total. The van der Waals surface area contributed by atoms with Gasteiger partial charge in [0.1, 0.15) is 0 Å². The van der Waals surface area contributed by atoms with E-state index in [1.54, 1.807) is 36.4 Å². The van der Waals surface area contributed by atoms with Crippen molar-refractivity contribution in [2.45, 2.75) is 12.5 Å². The highest BCUT2D eigenvalue weighted by Gasteiger charge is 2.39. The molecule has 32 heavy (non-hydrogen) atoms. The number of anilines is 1. The Hall–Kier alpha value is -4.28. The third kappa shape index (κ3) is 4.89. The van der Waals surface area contributed by atoms with Crippen molar-refractivity contribution in [1.29, 1.82) is 0 Å². The molecule has 0 saturated heterocycles. The second-order valence-corrected chi connectivity index (χ2v) is 6.83. The van der Waals surface area contributed by atoms with Gasteiger partial charge in [0, 0.05) is 43.2 Å². The van der Waals surface area contributed by atoms with Crippen molar-refractivity contribution in [1.82, 2.24) is 20.4 Å². The van der Waals surface area contributed by atoms with Crippen molar-refractivity contribution in [3.8, 4) is 17.1 Å². The molecule has 0 radical (unpaired) electrons. The SMILES string of the molecule is COc1ccc(-c2cccc(N(C(=O)NCCC(=O)O)C3C(=O)C=CN(C)C3=O)c2)nn1. The summed E-state index contributed by atoms with van der Waals surface area (Å²) >= 11 is 0. The molecule has 11 heteroatoms. The van der Waals surface area contributed by atoms with E-state index in [-0.39, 0.29) is 18.7 Å². The largest absolute Gasteiger partial charge is 0.481 e. The highest BCUT2D eigenvalue weighted by molar-refractivity contribution is 6.19. The molecule has 1 aliphatic heterocycles. The standard InChI is InChI=1S/C21H21N5O6/c1-25-11-9-16(27)19(20(25)30)26(21(31)22-10-8-18(28)29)14-5-3-4-13(12-14)15-6-7-17(32-2)24-23-15/h3-7,9,11-12,19H,8,10H2,1-2H3,(H,22,31)(H,28,29). The summed E-state index contributed by atoms with van der Waals surface area (Å²) < 4.78 is 5.00. The van der Waals surface area contributed by atoms with Crippen molar-refractivity contribution in [3.05, 3.63) is 48.7 Å². The van der Waals surface area contributed by atoms with Crippen LogP contribution < -0.4 is 15.0 Å². The van der Waals surface area contributed by atoms with Gasteiger partial charge in [0.25, 0.3) is 5.91 Å². The van der Waals surface area contributed by atoms with Gasteiger partial charge in [-0.2, -0.15) is 0 Å². The van der Waals surface area contributed by atoms with E-state index < -0.39 is 29.7 Å². The predicted molar refractivity (Wildman–Crippen MR) is 113 cm³/mol. The average Bonchev–Trinajstić information content (AvgIpc) is 2.79. The van der Waals surface area contributed by atoms with Crippen LogP contribution in [-0.2, 0) is 14.4 Å². The smallest absolute Gasteiger partial charge is 0.323 e. The summed E-state index contributed by atoms with van der Waals surface area (Å²) in [6, 6.07) is 7.62. The molecule has 0 spiro atoms. The lowest BCUT2D eigenvalue weighted by atomic mass is 10.0. The summed E-state index contributed by atoms with van der Waals surface area (Å²) in [5.74, 6) is -1.93. The molecule has 1 aromatic heterocycles. The first-order valence-corrected chi connectivity index (χ1v) is 9.57. The van der Waals surface area contributed by atoms with E-state index >= 15 is 0 Å². The number of urea groups is 1. The molecule has 3 rings (SSSR count). The summed E-state index contributed by atoms with van der Waals surface area (Å²) in [7, 11) is 2.94. The summed E-state index contributed by atoms with van der Waals surface area (Å²) in [6.07, 6.45) is 2.22. The first-order chi connectivity index (χ1) is 15.3. The van der Waals surface area contributed by atoms with E-state index in [1.807, 2.05) is 0 Å². The Labute approximate surface area is 183 Å². The number of ether oxygens (including phenoxy) is 1. The number of nitrogens with one attached hydrogen (secondary N) is 1. The minimum Gasteiger partial charge on any atom is -0.481 e. The maximum Gasteiger partial charge on any atom is 0.323 e. The van der Waals surface area contributed by atoms with Gasteiger partial charge < -0.3 is 20.1 Å². The number of hydrogen-bond acceptors (Lipinski definition) is 7. The summed E-state index contributed by atoms with van der Waals surface area (Å²) in [5.41, 5.74) is 1.32. The third-order valence-electron chi connectivity index (χ3n) is 4.67. The number of benzene rings is 1. The lowest BCUT2D eigenvalue weighted by Gasteiger charge is -2.33. The Balaban J connectivity index is 2.00. The van der Waals surface area contributed by atoms with Crippen LogP contribution in [0.1, 0.15) is 6.42 Å². The molecule has 3 amide bonds. The van der Waals surface area contributed by atoms with Gasteiger partial charge in [-0.1, -0.05) is 12.1 Å². The van der Waals surface area contributed by atoms with E-state index in [1.165, 1.54) is 31.3 Å². The maximum absolute atomic E-state index is 13.0. The molecule has 2 aromatic rings. The number of hydrogen-bond donors (Lipinski definition) is 2. The zero-order valence-electron chi connectivity index (χ0n) is 17.4. The zero-order chi connectivity index (χ0) is 23.3. The minimum absolute atomic E-state index is 0.172. The molecule has 0 fully saturated rings. The number of carbonyl (C=O) groups is 4. The van der Waals surface area contributed by atoms with Crippen LogP contribution in [0.15, 0.2) is 48.7 Å². The first kappa shape index (κ1) is 22.4. The Bertz CT molecular complexity index is 1070. The fourth-order valence-corrected chi connectivity index (χ4v) is 3.05. The van der Waals surface area contributed by atoms with Gasteiger partial charge in [-0.05, 0) is 18.2 Å². The predicted octanol–water partition coefficient (Wildman–Crippen LogP) is 1.07. The van der Waals surface area contributed by atoms with E-state index in [2.05, 4.69) is 15.5 Å². The second kappa shape index (κ2) is 9.69. The van der Waals surface area contributed by atoms with Crippen LogP contribution in [0.2, 0.25) is 0 Å². The number of carbonyl (C=O) groups excluding carboxylic acids is 3. The number of aliphatic carboxylic acids is 1. The quantitative estimate of drug-likeness (QED) is 0.610. The van der Waals surface area contributed by atoms with E-state index in [9.17, 15) is 19.2 Å². The van der Waals surface area contributed by atoms with Crippen molar-refractivity contribution in [3.63, 3.8) is 0 Å². The highest BCUT2D eigenvalue weighted by Crippen LogP contribution is 2.27. The number of carboxylic acid groups (broad SMARTS) is 1. The average molecular weight is 439 g/mol. The van der Waals surface area contributed by atoms with E-state index in [0.29, 0.717) is 17.1 Å². The van der Waals surface area contributed by atoms with Gasteiger partial charge in [-0.3, -0.25) is 19.3 Å². The molecule has 1 aliphatic rings. The molecule has 0 aliphatic carbocycles. The monoisotopic (exact) mass is 439 g/mol. The first-order valence-electron chi connectivity index (χ1n) is 9.57. The number of ketones is 1. The molecule has 2 N–H and O–H groups in total. The summed E-state index contributed by atoms with van der Waals surface area (Å²) in [6.45, 7) is -0.172. The third-order valence-corrected chi connectivity index (χ3v) is 4.67. The summed E-state index contributed by atoms with van der Waals surface area (Å²) in [4.78, 5) is 51.4. The van der Waals surface area contributed by atoms with Crippen LogP contribution in [0.4, 0.5) is 10.5 Å². The fraction of sp³-hybridized carbons (Fsp3) is 0.238. The van der Waals surface area contributed by atoms with Crippen LogP contribution in [0, 0.1) is 0 Å². The molecule has 1 unspecified atom stereocenters. The number of carboxylic acids is 1. The van der Waals surface area contributed by atoms with Gasteiger partial charge in [-0.15, -0.1) is 10.2 Å². The molecule has 1 aromatic carbocycles. The Morgan fingerprint density at radius 1 is 1.22 bits per heavy atom. The summed E-state index contributed by atoms with van der Waals surface area (Å²) in [5, 5.41) is 19.3. The van der Waals surface area contributed by atoms with Crippen molar-refractivity contribution in [2.75, 3.05) is 25.6 Å². The number of likely N-dealkylation sites (N-methyl/N-ethyl adjacent to an activating group) is 1. The van der Waals surface area contributed by atoms with Crippen LogP contribution >= 0.6 is 0 Å². The molecule has 166 valence electrons. The molecule has 2 heterocycles. The van der Waals surface area contributed by atoms with Crippen molar-refractivity contribution in [2.24, 2.45) is 0 Å². The van der Waals surface area contributed by atoms with Gasteiger partial charge in [-0.25, -0.2) is 4.79 Å². The molecular formula is C21H21N5O6.